The topological polar surface area (TPSA) is 25.8 Å². The molecule has 0 N–H and O–H groups in total. The maximum absolute atomic E-state index is 5.09. The Hall–Kier alpha value is -7.07. The second-order valence-electron chi connectivity index (χ2n) is 17.3. The molecule has 3 heteroatoms. The van der Waals surface area contributed by atoms with E-state index in [4.69, 9.17) is 9.97 Å². The van der Waals surface area contributed by atoms with E-state index in [0.29, 0.717) is 17.8 Å². The number of nitrogens with zero attached hydrogens (tertiary/aromatic N) is 2. The van der Waals surface area contributed by atoms with E-state index in [-0.39, 0.29) is 5.92 Å². The van der Waals surface area contributed by atoms with Crippen LogP contribution in [0.3, 0.4) is 0 Å². The highest BCUT2D eigenvalue weighted by atomic mass is 32.2. The highest BCUT2D eigenvalue weighted by molar-refractivity contribution is 7.98. The third-order valence-electron chi connectivity index (χ3n) is 13.1. The monoisotopic (exact) mass is 856 g/mol. The normalized spacial score (nSPS) is 18.5. The van der Waals surface area contributed by atoms with Crippen LogP contribution in [0.4, 0.5) is 0 Å². The zero-order chi connectivity index (χ0) is 44.0. The van der Waals surface area contributed by atoms with Gasteiger partial charge in [0, 0.05) is 33.3 Å². The van der Waals surface area contributed by atoms with Crippen molar-refractivity contribution < 1.29 is 0 Å². The summed E-state index contributed by atoms with van der Waals surface area (Å²) >= 11 is 1.90. The lowest BCUT2D eigenvalue weighted by molar-refractivity contribution is 0.843. The van der Waals surface area contributed by atoms with E-state index in [0.717, 1.165) is 52.5 Å². The van der Waals surface area contributed by atoms with Gasteiger partial charge in [0.05, 0.1) is 11.4 Å². The minimum absolute atomic E-state index is 0.157. The summed E-state index contributed by atoms with van der Waals surface area (Å²) in [6, 6.07) is 62.7. The van der Waals surface area contributed by atoms with Crippen molar-refractivity contribution in [3.8, 4) is 22.5 Å². The minimum atomic E-state index is 0.157. The quantitative estimate of drug-likeness (QED) is 0.0619. The molecule has 3 aliphatic carbocycles. The number of allylic oxidation sites excluding steroid dienone is 13. The summed E-state index contributed by atoms with van der Waals surface area (Å²) in [5.41, 5.74) is 16.9. The predicted molar refractivity (Wildman–Crippen MR) is 276 cm³/mol. The minimum Gasteiger partial charge on any atom is -0.228 e. The fourth-order valence-corrected chi connectivity index (χ4v) is 10.2. The van der Waals surface area contributed by atoms with Crippen molar-refractivity contribution in [1.29, 1.82) is 0 Å². The Morgan fingerprint density at radius 3 is 1.88 bits per heavy atom. The third-order valence-corrected chi connectivity index (χ3v) is 14.1. The molecule has 0 amide bonds. The Labute approximate surface area is 389 Å². The molecule has 0 bridgehead atoms. The van der Waals surface area contributed by atoms with Crippen molar-refractivity contribution in [3.63, 3.8) is 0 Å². The van der Waals surface area contributed by atoms with Gasteiger partial charge in [0.25, 0.3) is 0 Å². The zero-order valence-corrected chi connectivity index (χ0v) is 37.6. The van der Waals surface area contributed by atoms with Gasteiger partial charge in [-0.05, 0) is 100 Å². The van der Waals surface area contributed by atoms with E-state index in [1.54, 1.807) is 0 Å². The number of aromatic nitrogens is 2. The molecule has 1 saturated carbocycles. The van der Waals surface area contributed by atoms with Crippen LogP contribution < -0.4 is 0 Å². The van der Waals surface area contributed by atoms with Gasteiger partial charge in [0.2, 0.25) is 0 Å². The summed E-state index contributed by atoms with van der Waals surface area (Å²) in [5.74, 6) is 3.35. The highest BCUT2D eigenvalue weighted by Crippen LogP contribution is 2.58. The molecule has 7 aromatic rings. The Bertz CT molecular complexity index is 2920. The number of thioether (sulfide) groups is 1. The molecule has 10 rings (SSSR count). The van der Waals surface area contributed by atoms with E-state index in [1.807, 2.05) is 23.9 Å². The number of hydrogen-bond acceptors (Lipinski definition) is 3. The van der Waals surface area contributed by atoms with Crippen LogP contribution in [0.5, 0.6) is 0 Å². The summed E-state index contributed by atoms with van der Waals surface area (Å²) in [6.07, 6.45) is 20.5. The van der Waals surface area contributed by atoms with Crippen LogP contribution in [-0.2, 0) is 5.75 Å². The molecule has 3 aliphatic rings. The smallest absolute Gasteiger partial charge is 0.160 e. The van der Waals surface area contributed by atoms with Crippen molar-refractivity contribution in [1.82, 2.24) is 9.97 Å². The third kappa shape index (κ3) is 9.72. The fraction of sp³-hybridized carbons (Fsp3) is 0.129. The van der Waals surface area contributed by atoms with Crippen molar-refractivity contribution in [2.24, 2.45) is 17.8 Å². The molecule has 1 aromatic heterocycles. The average molecular weight is 857 g/mol. The molecule has 0 radical (unpaired) electrons. The molecule has 6 aromatic carbocycles. The lowest BCUT2D eigenvalue weighted by Gasteiger charge is -2.20. The van der Waals surface area contributed by atoms with Gasteiger partial charge in [0.1, 0.15) is 0 Å². The van der Waals surface area contributed by atoms with Gasteiger partial charge in [-0.1, -0.05) is 212 Å². The van der Waals surface area contributed by atoms with E-state index in [1.165, 1.54) is 55.0 Å². The standard InChI is InChI=1S/C62H52N2S/c1-3-45(39-55(47-18-10-5-11-19-47)38-43(2)46-16-8-4-9-17-46)48-28-30-50(31-29-48)49-26-24-44(25-27-49)42-65-56-35-32-53(33-36-56)61-57-37-34-54(40-58(57)61)62-63-59(51-20-12-6-13-21-51)41-60(64-62)52-22-14-7-15-23-52/h3-28,30,32-41,45,57-58,61H,1,29,31,42H2,2H3/b43-38+,55-39+/t45-,57?,58?,61?/m0/s1. The molecule has 3 unspecified atom stereocenters. The van der Waals surface area contributed by atoms with E-state index in [2.05, 4.69) is 226 Å². The first-order chi connectivity index (χ1) is 32.1. The Morgan fingerprint density at radius 1 is 0.662 bits per heavy atom. The molecule has 316 valence electrons. The van der Waals surface area contributed by atoms with Crippen LogP contribution in [0.1, 0.15) is 59.3 Å². The van der Waals surface area contributed by atoms with E-state index < -0.39 is 0 Å². The van der Waals surface area contributed by atoms with Crippen molar-refractivity contribution in [3.05, 3.63) is 270 Å². The van der Waals surface area contributed by atoms with Crippen molar-refractivity contribution in [2.45, 2.75) is 36.3 Å². The summed E-state index contributed by atoms with van der Waals surface area (Å²) in [7, 11) is 0. The van der Waals surface area contributed by atoms with Crippen LogP contribution in [-0.4, -0.2) is 9.97 Å². The fourth-order valence-electron chi connectivity index (χ4n) is 9.32. The molecule has 0 saturated heterocycles. The van der Waals surface area contributed by atoms with Gasteiger partial charge < -0.3 is 0 Å². The second-order valence-corrected chi connectivity index (χ2v) is 18.3. The molecule has 2 nitrogen and oxygen atoms in total. The Morgan fingerprint density at radius 2 is 1.28 bits per heavy atom. The highest BCUT2D eigenvalue weighted by Gasteiger charge is 2.49. The van der Waals surface area contributed by atoms with E-state index in [9.17, 15) is 0 Å². The largest absolute Gasteiger partial charge is 0.228 e. The van der Waals surface area contributed by atoms with Crippen molar-refractivity contribution in [2.75, 3.05) is 0 Å². The predicted octanol–water partition coefficient (Wildman–Crippen LogP) is 16.2. The van der Waals surface area contributed by atoms with Crippen LogP contribution in [0.25, 0.3) is 44.8 Å². The number of fused-ring (bicyclic) bond motifs is 1. The van der Waals surface area contributed by atoms with Crippen LogP contribution in [0.2, 0.25) is 0 Å². The number of hydrogen-bond donors (Lipinski definition) is 0. The van der Waals surface area contributed by atoms with Crippen LogP contribution in [0, 0.1) is 17.8 Å². The zero-order valence-electron chi connectivity index (χ0n) is 36.8. The maximum atomic E-state index is 5.09. The van der Waals surface area contributed by atoms with Crippen LogP contribution >= 0.6 is 11.8 Å². The molecular formula is C62H52N2S. The summed E-state index contributed by atoms with van der Waals surface area (Å²) in [6.45, 7) is 6.47. The number of benzene rings is 6. The van der Waals surface area contributed by atoms with Gasteiger partial charge in [-0.25, -0.2) is 9.97 Å². The van der Waals surface area contributed by atoms with Gasteiger partial charge >= 0.3 is 0 Å². The molecule has 1 heterocycles. The van der Waals surface area contributed by atoms with Crippen LogP contribution in [0.15, 0.2) is 242 Å². The first-order valence-electron chi connectivity index (χ1n) is 22.8. The Balaban J connectivity index is 0.774. The lowest BCUT2D eigenvalue weighted by atomic mass is 9.85. The lowest BCUT2D eigenvalue weighted by Crippen LogP contribution is -2.03. The number of rotatable bonds is 14. The molecule has 0 aliphatic heterocycles. The molecule has 4 atom stereocenters. The molecule has 0 spiro atoms. The van der Waals surface area contributed by atoms with E-state index >= 15 is 0 Å². The first-order valence-corrected chi connectivity index (χ1v) is 23.8. The maximum Gasteiger partial charge on any atom is 0.160 e. The SMILES string of the molecule is C=C[C@@H](/C=C(\C=C(/C)c1ccccc1)c1ccccc1)C1=CC=C(c2ccc(CSc3ccc(C4C5C=CC(c6nc(-c7ccccc7)cc(-c7ccccc7)n6)=CC54)cc3)cc2)CC1. The van der Waals surface area contributed by atoms with Crippen molar-refractivity contribution >= 4 is 34.1 Å². The summed E-state index contributed by atoms with van der Waals surface area (Å²) in [4.78, 5) is 11.5. The molecule has 65 heavy (non-hydrogen) atoms. The summed E-state index contributed by atoms with van der Waals surface area (Å²) in [5, 5.41) is 0. The van der Waals surface area contributed by atoms with Gasteiger partial charge in [-0.2, -0.15) is 0 Å². The van der Waals surface area contributed by atoms with Gasteiger partial charge in [0.15, 0.2) is 5.82 Å². The summed E-state index contributed by atoms with van der Waals surface area (Å²) < 4.78 is 0. The van der Waals surface area contributed by atoms with Gasteiger partial charge in [-0.3, -0.25) is 0 Å². The Kier molecular flexibility index (Phi) is 12.5. The molecular weight excluding hydrogens is 805 g/mol. The average Bonchev–Trinajstić information content (AvgIpc) is 4.12. The van der Waals surface area contributed by atoms with Gasteiger partial charge in [-0.15, -0.1) is 18.3 Å². The second kappa shape index (κ2) is 19.4. The first kappa shape index (κ1) is 41.9. The molecule has 1 fully saturated rings.